The molecular formula is C20H16FN3O2S. The fourth-order valence-electron chi connectivity index (χ4n) is 2.78. The van der Waals surface area contributed by atoms with Crippen LogP contribution in [0.25, 0.3) is 16.6 Å². The van der Waals surface area contributed by atoms with Gasteiger partial charge in [0.25, 0.3) is 5.56 Å². The van der Waals surface area contributed by atoms with Gasteiger partial charge in [0.05, 0.1) is 22.3 Å². The number of hydrogen-bond acceptors (Lipinski definition) is 5. The molecule has 5 nitrogen and oxygen atoms in total. The third kappa shape index (κ3) is 3.38. The summed E-state index contributed by atoms with van der Waals surface area (Å²) in [5, 5.41) is 4.93. The number of fused-ring (bicyclic) bond motifs is 1. The van der Waals surface area contributed by atoms with Crippen LogP contribution < -0.4 is 5.56 Å². The smallest absolute Gasteiger partial charge is 0.266 e. The van der Waals surface area contributed by atoms with Gasteiger partial charge in [-0.3, -0.25) is 9.36 Å². The van der Waals surface area contributed by atoms with Gasteiger partial charge in [0, 0.05) is 11.8 Å². The van der Waals surface area contributed by atoms with Crippen molar-refractivity contribution in [2.45, 2.75) is 24.8 Å². The van der Waals surface area contributed by atoms with Gasteiger partial charge in [-0.05, 0) is 43.7 Å². The zero-order valence-corrected chi connectivity index (χ0v) is 15.6. The third-order valence-electron chi connectivity index (χ3n) is 4.18. The summed E-state index contributed by atoms with van der Waals surface area (Å²) in [6, 6.07) is 13.7. The molecule has 0 unspecified atom stereocenters. The lowest BCUT2D eigenvalue weighted by atomic mass is 10.2. The molecule has 0 aliphatic heterocycles. The second-order valence-corrected chi connectivity index (χ2v) is 7.15. The van der Waals surface area contributed by atoms with Gasteiger partial charge in [-0.2, -0.15) is 0 Å². The van der Waals surface area contributed by atoms with Gasteiger partial charge < -0.3 is 4.52 Å². The number of hydrogen-bond donors (Lipinski definition) is 0. The zero-order valence-electron chi connectivity index (χ0n) is 14.8. The van der Waals surface area contributed by atoms with Gasteiger partial charge in [-0.25, -0.2) is 9.37 Å². The summed E-state index contributed by atoms with van der Waals surface area (Å²) in [5.74, 6) is 0.835. The lowest BCUT2D eigenvalue weighted by molar-refractivity contribution is 0.393. The molecule has 0 N–H and O–H groups in total. The van der Waals surface area contributed by atoms with Crippen molar-refractivity contribution >= 4 is 22.7 Å². The molecule has 136 valence electrons. The second-order valence-electron chi connectivity index (χ2n) is 6.20. The highest BCUT2D eigenvalue weighted by Crippen LogP contribution is 2.25. The molecule has 0 atom stereocenters. The summed E-state index contributed by atoms with van der Waals surface area (Å²) in [7, 11) is 0. The molecule has 2 heterocycles. The summed E-state index contributed by atoms with van der Waals surface area (Å²) in [5.41, 5.74) is 2.09. The summed E-state index contributed by atoms with van der Waals surface area (Å²) in [4.78, 5) is 17.7. The Morgan fingerprint density at radius 1 is 1.15 bits per heavy atom. The van der Waals surface area contributed by atoms with Gasteiger partial charge in [0.1, 0.15) is 11.6 Å². The molecule has 4 aromatic rings. The van der Waals surface area contributed by atoms with E-state index in [2.05, 4.69) is 10.1 Å². The first kappa shape index (κ1) is 17.5. The van der Waals surface area contributed by atoms with Crippen LogP contribution in [0.15, 0.2) is 63.0 Å². The van der Waals surface area contributed by atoms with E-state index in [1.807, 2.05) is 19.1 Å². The van der Waals surface area contributed by atoms with Crippen LogP contribution in [0.2, 0.25) is 0 Å². The number of nitrogens with zero attached hydrogens (tertiary/aromatic N) is 3. The molecule has 0 aliphatic rings. The fourth-order valence-corrected chi connectivity index (χ4v) is 3.68. The Morgan fingerprint density at radius 3 is 2.70 bits per heavy atom. The van der Waals surface area contributed by atoms with Crippen molar-refractivity contribution in [3.05, 3.63) is 81.7 Å². The van der Waals surface area contributed by atoms with E-state index in [-0.39, 0.29) is 11.4 Å². The first-order valence-electron chi connectivity index (χ1n) is 8.36. The largest absolute Gasteiger partial charge is 0.361 e. The monoisotopic (exact) mass is 381 g/mol. The summed E-state index contributed by atoms with van der Waals surface area (Å²) in [6.45, 7) is 3.50. The maximum absolute atomic E-state index is 14.1. The van der Waals surface area contributed by atoms with Gasteiger partial charge in [-0.15, -0.1) is 0 Å². The van der Waals surface area contributed by atoms with E-state index in [4.69, 9.17) is 4.52 Å². The molecule has 0 spiro atoms. The lowest BCUT2D eigenvalue weighted by Crippen LogP contribution is -2.22. The standard InChI is InChI=1S/C20H16FN3O2S/c1-12-7-8-15(10-17(12)21)24-19(25)16-5-3-4-6-18(16)22-20(24)27-11-14-9-13(2)26-23-14/h3-10H,11H2,1-2H3. The molecule has 0 fully saturated rings. The van der Waals surface area contributed by atoms with Crippen molar-refractivity contribution in [1.82, 2.24) is 14.7 Å². The predicted octanol–water partition coefficient (Wildman–Crippen LogP) is 4.42. The Kier molecular flexibility index (Phi) is 4.53. The molecule has 2 aromatic carbocycles. The van der Waals surface area contributed by atoms with E-state index in [0.717, 1.165) is 11.5 Å². The molecule has 4 rings (SSSR count). The number of benzene rings is 2. The number of aryl methyl sites for hydroxylation is 2. The number of rotatable bonds is 4. The van der Waals surface area contributed by atoms with Crippen LogP contribution in [0, 0.1) is 19.7 Å². The lowest BCUT2D eigenvalue weighted by Gasteiger charge is -2.13. The third-order valence-corrected chi connectivity index (χ3v) is 5.16. The van der Waals surface area contributed by atoms with E-state index in [0.29, 0.717) is 33.1 Å². The van der Waals surface area contributed by atoms with Crippen LogP contribution in [0.3, 0.4) is 0 Å². The van der Waals surface area contributed by atoms with E-state index in [1.54, 1.807) is 37.3 Å². The van der Waals surface area contributed by atoms with E-state index < -0.39 is 0 Å². The van der Waals surface area contributed by atoms with Crippen LogP contribution in [0.1, 0.15) is 17.0 Å². The number of para-hydroxylation sites is 1. The Balaban J connectivity index is 1.86. The van der Waals surface area contributed by atoms with Crippen LogP contribution in [-0.4, -0.2) is 14.7 Å². The van der Waals surface area contributed by atoms with E-state index >= 15 is 0 Å². The van der Waals surface area contributed by atoms with Crippen LogP contribution >= 0.6 is 11.8 Å². The molecule has 0 bridgehead atoms. The highest BCUT2D eigenvalue weighted by molar-refractivity contribution is 7.98. The van der Waals surface area contributed by atoms with Gasteiger partial charge in [0.2, 0.25) is 0 Å². The number of aromatic nitrogens is 3. The molecular weight excluding hydrogens is 365 g/mol. The van der Waals surface area contributed by atoms with Gasteiger partial charge >= 0.3 is 0 Å². The number of halogens is 1. The van der Waals surface area contributed by atoms with Crippen LogP contribution in [0.5, 0.6) is 0 Å². The summed E-state index contributed by atoms with van der Waals surface area (Å²) >= 11 is 1.35. The second kappa shape index (κ2) is 7.00. The first-order valence-corrected chi connectivity index (χ1v) is 9.35. The average Bonchev–Trinajstić information content (AvgIpc) is 3.08. The minimum atomic E-state index is -0.365. The fraction of sp³-hybridized carbons (Fsp3) is 0.150. The quantitative estimate of drug-likeness (QED) is 0.387. The Bertz CT molecular complexity index is 1200. The minimum Gasteiger partial charge on any atom is -0.361 e. The molecule has 27 heavy (non-hydrogen) atoms. The van der Waals surface area contributed by atoms with Crippen molar-refractivity contribution in [2.75, 3.05) is 0 Å². The first-order chi connectivity index (χ1) is 13.0. The molecule has 0 radical (unpaired) electrons. The molecule has 2 aromatic heterocycles. The van der Waals surface area contributed by atoms with Crippen molar-refractivity contribution in [3.63, 3.8) is 0 Å². The van der Waals surface area contributed by atoms with Crippen molar-refractivity contribution < 1.29 is 8.91 Å². The van der Waals surface area contributed by atoms with Crippen molar-refractivity contribution in [2.24, 2.45) is 0 Å². The van der Waals surface area contributed by atoms with Gasteiger partial charge in [0.15, 0.2) is 5.16 Å². The summed E-state index contributed by atoms with van der Waals surface area (Å²) in [6.07, 6.45) is 0. The topological polar surface area (TPSA) is 60.9 Å². The Hall–Kier alpha value is -2.93. The summed E-state index contributed by atoms with van der Waals surface area (Å²) < 4.78 is 20.7. The molecule has 0 saturated carbocycles. The van der Waals surface area contributed by atoms with Crippen molar-refractivity contribution in [3.8, 4) is 5.69 Å². The molecule has 0 amide bonds. The minimum absolute atomic E-state index is 0.234. The van der Waals surface area contributed by atoms with Gasteiger partial charge in [-0.1, -0.05) is 35.1 Å². The van der Waals surface area contributed by atoms with Crippen LogP contribution in [-0.2, 0) is 5.75 Å². The molecule has 0 aliphatic carbocycles. The van der Waals surface area contributed by atoms with Crippen molar-refractivity contribution in [1.29, 1.82) is 0 Å². The Morgan fingerprint density at radius 2 is 1.96 bits per heavy atom. The highest BCUT2D eigenvalue weighted by Gasteiger charge is 2.15. The molecule has 0 saturated heterocycles. The normalized spacial score (nSPS) is 11.2. The number of thioether (sulfide) groups is 1. The van der Waals surface area contributed by atoms with E-state index in [1.165, 1.54) is 22.4 Å². The predicted molar refractivity (Wildman–Crippen MR) is 103 cm³/mol. The van der Waals surface area contributed by atoms with Crippen LogP contribution in [0.4, 0.5) is 4.39 Å². The SMILES string of the molecule is Cc1cc(CSc2nc3ccccc3c(=O)n2-c2ccc(C)c(F)c2)no1. The maximum Gasteiger partial charge on any atom is 0.266 e. The average molecular weight is 381 g/mol. The van der Waals surface area contributed by atoms with E-state index in [9.17, 15) is 9.18 Å². The highest BCUT2D eigenvalue weighted by atomic mass is 32.2. The molecule has 7 heteroatoms. The zero-order chi connectivity index (χ0) is 19.0. The Labute approximate surface area is 158 Å². The maximum atomic E-state index is 14.1.